The number of hydrogen-bond acceptors (Lipinski definition) is 5. The van der Waals surface area contributed by atoms with Crippen molar-refractivity contribution >= 4 is 37.1 Å². The van der Waals surface area contributed by atoms with Gasteiger partial charge in [0.15, 0.2) is 9.84 Å². The molecule has 26 heavy (non-hydrogen) atoms. The zero-order chi connectivity index (χ0) is 19.7. The van der Waals surface area contributed by atoms with E-state index in [9.17, 15) is 16.8 Å². The number of benzene rings is 2. The summed E-state index contributed by atoms with van der Waals surface area (Å²) in [6, 6.07) is 9.96. The molecule has 0 aliphatic carbocycles. The molecule has 0 spiro atoms. The summed E-state index contributed by atoms with van der Waals surface area (Å²) < 4.78 is 51.9. The highest BCUT2D eigenvalue weighted by molar-refractivity contribution is 7.91. The van der Waals surface area contributed by atoms with Crippen LogP contribution in [0, 0.1) is 5.92 Å². The van der Waals surface area contributed by atoms with E-state index in [0.717, 1.165) is 12.3 Å². The highest BCUT2D eigenvalue weighted by Gasteiger charge is 2.27. The van der Waals surface area contributed by atoms with E-state index < -0.39 is 25.9 Å². The first kappa shape index (κ1) is 20.7. The van der Waals surface area contributed by atoms with E-state index in [4.69, 9.17) is 17.3 Å². The van der Waals surface area contributed by atoms with Gasteiger partial charge in [-0.3, -0.25) is 0 Å². The highest BCUT2D eigenvalue weighted by atomic mass is 35.5. The SMILES string of the molecule is CC(C)[C@H](NS(=O)(=O)c1cc(S(C)(=O)=O)ccc1Cl)c1ccccc1N. The molecular formula is C17H21ClN2O4S2. The molecule has 2 aromatic carbocycles. The van der Waals surface area contributed by atoms with Crippen molar-refractivity contribution in [1.29, 1.82) is 0 Å². The minimum atomic E-state index is -4.08. The van der Waals surface area contributed by atoms with Crippen LogP contribution in [0.5, 0.6) is 0 Å². The lowest BCUT2D eigenvalue weighted by atomic mass is 9.96. The Labute approximate surface area is 159 Å². The molecule has 0 unspecified atom stereocenters. The van der Waals surface area contributed by atoms with Crippen LogP contribution in [-0.4, -0.2) is 23.1 Å². The smallest absolute Gasteiger partial charge is 0.242 e. The van der Waals surface area contributed by atoms with Crippen molar-refractivity contribution in [2.45, 2.75) is 29.7 Å². The number of nitrogens with two attached hydrogens (primary N) is 1. The Morgan fingerprint density at radius 2 is 1.65 bits per heavy atom. The fraction of sp³-hybridized carbons (Fsp3) is 0.294. The molecule has 9 heteroatoms. The van der Waals surface area contributed by atoms with Gasteiger partial charge in [0, 0.05) is 11.9 Å². The van der Waals surface area contributed by atoms with Gasteiger partial charge in [-0.15, -0.1) is 0 Å². The van der Waals surface area contributed by atoms with E-state index in [1.165, 1.54) is 12.1 Å². The van der Waals surface area contributed by atoms with Gasteiger partial charge in [-0.25, -0.2) is 21.6 Å². The molecule has 0 heterocycles. The van der Waals surface area contributed by atoms with E-state index in [2.05, 4.69) is 4.72 Å². The van der Waals surface area contributed by atoms with Gasteiger partial charge in [-0.1, -0.05) is 43.6 Å². The van der Waals surface area contributed by atoms with Gasteiger partial charge in [0.25, 0.3) is 0 Å². The highest BCUT2D eigenvalue weighted by Crippen LogP contribution is 2.31. The summed E-state index contributed by atoms with van der Waals surface area (Å²) in [5.41, 5.74) is 7.09. The number of sulfone groups is 1. The third-order valence-corrected chi connectivity index (χ3v) is 6.93. The van der Waals surface area contributed by atoms with Crippen LogP contribution in [0.1, 0.15) is 25.5 Å². The van der Waals surface area contributed by atoms with Gasteiger partial charge in [-0.2, -0.15) is 0 Å². The van der Waals surface area contributed by atoms with Crippen LogP contribution >= 0.6 is 11.6 Å². The molecular weight excluding hydrogens is 396 g/mol. The molecule has 1 atom stereocenters. The van der Waals surface area contributed by atoms with Crippen molar-refractivity contribution in [2.24, 2.45) is 5.92 Å². The van der Waals surface area contributed by atoms with Gasteiger partial charge in [0.1, 0.15) is 4.90 Å². The Morgan fingerprint density at radius 1 is 1.04 bits per heavy atom. The third kappa shape index (κ3) is 4.56. The molecule has 0 amide bonds. The second-order valence-electron chi connectivity index (χ2n) is 6.34. The van der Waals surface area contributed by atoms with Crippen molar-refractivity contribution in [2.75, 3.05) is 12.0 Å². The molecule has 0 fully saturated rings. The van der Waals surface area contributed by atoms with Crippen molar-refractivity contribution in [3.05, 3.63) is 53.1 Å². The van der Waals surface area contributed by atoms with Gasteiger partial charge in [-0.05, 0) is 35.7 Å². The maximum Gasteiger partial charge on any atom is 0.242 e. The zero-order valence-electron chi connectivity index (χ0n) is 14.6. The lowest BCUT2D eigenvalue weighted by Gasteiger charge is -2.24. The van der Waals surface area contributed by atoms with Crippen LogP contribution in [0.15, 0.2) is 52.3 Å². The lowest BCUT2D eigenvalue weighted by molar-refractivity contribution is 0.464. The molecule has 2 rings (SSSR count). The average molecular weight is 417 g/mol. The lowest BCUT2D eigenvalue weighted by Crippen LogP contribution is -2.32. The number of hydrogen-bond donors (Lipinski definition) is 2. The maximum absolute atomic E-state index is 12.9. The summed E-state index contributed by atoms with van der Waals surface area (Å²) >= 11 is 6.03. The van der Waals surface area contributed by atoms with Crippen LogP contribution in [-0.2, 0) is 19.9 Å². The van der Waals surface area contributed by atoms with Crippen molar-refractivity contribution in [1.82, 2.24) is 4.72 Å². The van der Waals surface area contributed by atoms with Crippen molar-refractivity contribution < 1.29 is 16.8 Å². The molecule has 0 saturated carbocycles. The Hall–Kier alpha value is -1.61. The van der Waals surface area contributed by atoms with Gasteiger partial charge < -0.3 is 5.73 Å². The first-order chi connectivity index (χ1) is 11.9. The number of rotatable bonds is 6. The van der Waals surface area contributed by atoms with E-state index in [1.54, 1.807) is 24.3 Å². The predicted octanol–water partition coefficient (Wildman–Crippen LogP) is 3.00. The van der Waals surface area contributed by atoms with Crippen molar-refractivity contribution in [3.8, 4) is 0 Å². The Balaban J connectivity index is 2.52. The number of halogens is 1. The first-order valence-corrected chi connectivity index (χ1v) is 11.5. The van der Waals surface area contributed by atoms with Crippen LogP contribution < -0.4 is 10.5 Å². The van der Waals surface area contributed by atoms with Gasteiger partial charge in [0.05, 0.1) is 16.0 Å². The Kier molecular flexibility index (Phi) is 6.02. The van der Waals surface area contributed by atoms with E-state index in [0.29, 0.717) is 11.3 Å². The van der Waals surface area contributed by atoms with E-state index in [-0.39, 0.29) is 20.7 Å². The van der Waals surface area contributed by atoms with Crippen LogP contribution in [0.2, 0.25) is 5.02 Å². The van der Waals surface area contributed by atoms with Gasteiger partial charge in [0.2, 0.25) is 10.0 Å². The van der Waals surface area contributed by atoms with Gasteiger partial charge >= 0.3 is 0 Å². The monoisotopic (exact) mass is 416 g/mol. The topological polar surface area (TPSA) is 106 Å². The molecule has 3 N–H and O–H groups in total. The summed E-state index contributed by atoms with van der Waals surface area (Å²) in [5, 5.41) is -0.0616. The second kappa shape index (κ2) is 7.56. The number of nitrogens with one attached hydrogen (secondary N) is 1. The quantitative estimate of drug-likeness (QED) is 0.704. The normalized spacial score (nSPS) is 13.7. The molecule has 2 aromatic rings. The first-order valence-electron chi connectivity index (χ1n) is 7.80. The van der Waals surface area contributed by atoms with Crippen LogP contribution in [0.3, 0.4) is 0 Å². The molecule has 142 valence electrons. The van der Waals surface area contributed by atoms with Crippen LogP contribution in [0.4, 0.5) is 5.69 Å². The van der Waals surface area contributed by atoms with Crippen molar-refractivity contribution in [3.63, 3.8) is 0 Å². The van der Waals surface area contributed by atoms with E-state index >= 15 is 0 Å². The number of anilines is 1. The maximum atomic E-state index is 12.9. The van der Waals surface area contributed by atoms with Crippen LogP contribution in [0.25, 0.3) is 0 Å². The third-order valence-electron chi connectivity index (χ3n) is 3.90. The minimum absolute atomic E-state index is 0.0616. The zero-order valence-corrected chi connectivity index (χ0v) is 17.0. The molecule has 0 bridgehead atoms. The van der Waals surface area contributed by atoms with E-state index in [1.807, 2.05) is 13.8 Å². The summed E-state index contributed by atoms with van der Waals surface area (Å²) in [5.74, 6) is -0.105. The average Bonchev–Trinajstić information content (AvgIpc) is 2.52. The summed E-state index contributed by atoms with van der Waals surface area (Å²) in [4.78, 5) is -0.412. The summed E-state index contributed by atoms with van der Waals surface area (Å²) in [6.45, 7) is 3.71. The largest absolute Gasteiger partial charge is 0.398 e. The summed E-state index contributed by atoms with van der Waals surface area (Å²) in [7, 11) is -7.66. The Morgan fingerprint density at radius 3 is 2.19 bits per heavy atom. The molecule has 0 aliphatic heterocycles. The minimum Gasteiger partial charge on any atom is -0.398 e. The fourth-order valence-corrected chi connectivity index (χ4v) is 5.12. The molecule has 6 nitrogen and oxygen atoms in total. The molecule has 0 saturated heterocycles. The number of nitrogen functional groups attached to an aromatic ring is 1. The number of para-hydroxylation sites is 1. The Bertz CT molecular complexity index is 1020. The number of sulfonamides is 1. The molecule has 0 aromatic heterocycles. The predicted molar refractivity (Wildman–Crippen MR) is 103 cm³/mol. The molecule has 0 radical (unpaired) electrons. The second-order valence-corrected chi connectivity index (χ2v) is 10.4. The standard InChI is InChI=1S/C17H21ClN2O4S2/c1-11(2)17(13-6-4-5-7-15(13)19)20-26(23,24)16-10-12(25(3,21)22)8-9-14(16)18/h4-11,17,20H,19H2,1-3H3/t17-/m0/s1. The molecule has 0 aliphatic rings. The summed E-state index contributed by atoms with van der Waals surface area (Å²) in [6.07, 6.45) is 1.00. The fourth-order valence-electron chi connectivity index (χ4n) is 2.50.